The third-order valence-corrected chi connectivity index (χ3v) is 7.61. The molecule has 0 amide bonds. The van der Waals surface area contributed by atoms with Crippen molar-refractivity contribution in [2.75, 3.05) is 20.7 Å². The minimum Gasteiger partial charge on any atom is -0.497 e. The maximum absolute atomic E-state index is 13.5. The number of sulfonamides is 1. The first-order valence-corrected chi connectivity index (χ1v) is 13.2. The molecular weight excluding hydrogens is 476 g/mol. The number of hydrogen-bond donors (Lipinski definition) is 1. The van der Waals surface area contributed by atoms with Gasteiger partial charge in [0.1, 0.15) is 5.75 Å². The summed E-state index contributed by atoms with van der Waals surface area (Å²) in [6, 6.07) is 17.9. The number of rotatable bonds is 7. The lowest BCUT2D eigenvalue weighted by Gasteiger charge is -2.10. The number of nitrogens with one attached hydrogen (secondary N) is 1. The van der Waals surface area contributed by atoms with Crippen molar-refractivity contribution in [3.63, 3.8) is 0 Å². The Labute approximate surface area is 209 Å². The second kappa shape index (κ2) is 9.67. The number of aromatic nitrogens is 1. The average molecular weight is 503 g/mol. The minimum atomic E-state index is -3.63. The third kappa shape index (κ3) is 5.07. The molecule has 0 spiro atoms. The van der Waals surface area contributed by atoms with E-state index in [-0.39, 0.29) is 23.6 Å². The summed E-state index contributed by atoms with van der Waals surface area (Å²) in [6.45, 7) is 0.896. The van der Waals surface area contributed by atoms with Crippen molar-refractivity contribution in [1.29, 1.82) is 0 Å². The molecule has 0 aliphatic carbocycles. The first kappa shape index (κ1) is 23.9. The highest BCUT2D eigenvalue weighted by Gasteiger charge is 2.18. The van der Waals surface area contributed by atoms with Gasteiger partial charge in [-0.05, 0) is 52.4 Å². The SMILES string of the molecule is COc1ccc(CNS(=O)(=O)Cc2ccc3ccc4ncc(C5C=NN(C)C5)cc4c(=O)c3c2)cc1. The summed E-state index contributed by atoms with van der Waals surface area (Å²) >= 11 is 0. The Morgan fingerprint density at radius 2 is 1.78 bits per heavy atom. The molecule has 1 aliphatic heterocycles. The van der Waals surface area contributed by atoms with E-state index < -0.39 is 10.0 Å². The maximum Gasteiger partial charge on any atom is 0.216 e. The lowest BCUT2D eigenvalue weighted by molar-refractivity contribution is 0.381. The zero-order valence-corrected chi connectivity index (χ0v) is 20.8. The van der Waals surface area contributed by atoms with Gasteiger partial charge in [-0.3, -0.25) is 14.8 Å². The van der Waals surface area contributed by atoms with Gasteiger partial charge in [0.05, 0.1) is 18.4 Å². The minimum absolute atomic E-state index is 0.0700. The van der Waals surface area contributed by atoms with E-state index in [1.54, 1.807) is 43.6 Å². The van der Waals surface area contributed by atoms with Crippen LogP contribution in [0.5, 0.6) is 5.75 Å². The van der Waals surface area contributed by atoms with Crippen LogP contribution in [0.25, 0.3) is 21.7 Å². The van der Waals surface area contributed by atoms with E-state index >= 15 is 0 Å². The van der Waals surface area contributed by atoms with Crippen LogP contribution in [0.2, 0.25) is 0 Å². The van der Waals surface area contributed by atoms with Gasteiger partial charge in [-0.15, -0.1) is 0 Å². The van der Waals surface area contributed by atoms with Crippen molar-refractivity contribution < 1.29 is 13.2 Å². The van der Waals surface area contributed by atoms with Crippen molar-refractivity contribution in [3.8, 4) is 5.75 Å². The number of hydrazone groups is 1. The van der Waals surface area contributed by atoms with E-state index in [0.29, 0.717) is 27.6 Å². The number of pyridine rings is 1. The molecule has 1 N–H and O–H groups in total. The van der Waals surface area contributed by atoms with Crippen LogP contribution in [-0.2, 0) is 22.3 Å². The van der Waals surface area contributed by atoms with Crippen LogP contribution in [0.15, 0.2) is 76.8 Å². The number of nitrogens with zero attached hydrogens (tertiary/aromatic N) is 3. The fraction of sp³-hybridized carbons (Fsp3) is 0.222. The molecule has 3 aromatic carbocycles. The second-order valence-corrected chi connectivity index (χ2v) is 10.7. The molecule has 8 nitrogen and oxygen atoms in total. The summed E-state index contributed by atoms with van der Waals surface area (Å²) in [6.07, 6.45) is 3.64. The predicted molar refractivity (Wildman–Crippen MR) is 142 cm³/mol. The molecule has 0 saturated heterocycles. The summed E-state index contributed by atoms with van der Waals surface area (Å²) in [7, 11) is -0.146. The molecule has 0 bridgehead atoms. The smallest absolute Gasteiger partial charge is 0.216 e. The predicted octanol–water partition coefficient (Wildman–Crippen LogP) is 3.39. The first-order valence-electron chi connectivity index (χ1n) is 11.5. The van der Waals surface area contributed by atoms with Crippen LogP contribution >= 0.6 is 0 Å². The van der Waals surface area contributed by atoms with Gasteiger partial charge in [-0.25, -0.2) is 13.1 Å². The molecule has 0 radical (unpaired) electrons. The van der Waals surface area contributed by atoms with E-state index in [4.69, 9.17) is 4.74 Å². The number of fused-ring (bicyclic) bond motifs is 2. The average Bonchev–Trinajstić information content (AvgIpc) is 3.27. The molecule has 9 heteroatoms. The molecule has 0 saturated carbocycles. The lowest BCUT2D eigenvalue weighted by atomic mass is 10.0. The monoisotopic (exact) mass is 502 g/mol. The van der Waals surface area contributed by atoms with Gasteiger partial charge >= 0.3 is 0 Å². The Morgan fingerprint density at radius 3 is 2.50 bits per heavy atom. The van der Waals surface area contributed by atoms with E-state index in [1.807, 2.05) is 48.6 Å². The Morgan fingerprint density at radius 1 is 1.03 bits per heavy atom. The highest BCUT2D eigenvalue weighted by atomic mass is 32.2. The largest absolute Gasteiger partial charge is 0.497 e. The highest BCUT2D eigenvalue weighted by molar-refractivity contribution is 7.88. The van der Waals surface area contributed by atoms with Crippen LogP contribution in [0.4, 0.5) is 0 Å². The van der Waals surface area contributed by atoms with Crippen LogP contribution in [0, 0.1) is 0 Å². The fourth-order valence-electron chi connectivity index (χ4n) is 4.33. The lowest BCUT2D eigenvalue weighted by Crippen LogP contribution is -2.24. The molecular formula is C27H26N4O4S. The zero-order chi connectivity index (χ0) is 25.3. The van der Waals surface area contributed by atoms with Gasteiger partial charge in [0.2, 0.25) is 10.0 Å². The Hall–Kier alpha value is -3.82. The number of methoxy groups -OCH3 is 1. The molecule has 184 valence electrons. The summed E-state index contributed by atoms with van der Waals surface area (Å²) in [5.41, 5.74) is 2.70. The number of benzene rings is 2. The Kier molecular flexibility index (Phi) is 6.42. The normalized spacial score (nSPS) is 15.6. The fourth-order valence-corrected chi connectivity index (χ4v) is 5.44. The van der Waals surface area contributed by atoms with E-state index in [2.05, 4.69) is 14.8 Å². The van der Waals surface area contributed by atoms with E-state index in [1.165, 1.54) is 0 Å². The Balaban J connectivity index is 1.43. The van der Waals surface area contributed by atoms with Crippen molar-refractivity contribution in [3.05, 3.63) is 93.8 Å². The van der Waals surface area contributed by atoms with Gasteiger partial charge in [0.15, 0.2) is 5.43 Å². The standard InChI is InChI=1S/C27H26N4O4S/c1-31-16-22(15-29-31)21-12-25-26(28-14-21)10-7-20-6-3-19(11-24(20)27(25)32)17-36(33,34)30-13-18-4-8-23(35-2)9-5-18/h3-12,14-15,22,30H,13,16-17H2,1-2H3. The topological polar surface area (TPSA) is 101 Å². The number of ether oxygens (including phenoxy) is 1. The van der Waals surface area contributed by atoms with Crippen molar-refractivity contribution in [1.82, 2.24) is 14.7 Å². The second-order valence-electron chi connectivity index (χ2n) is 8.93. The molecule has 4 aromatic rings. The van der Waals surface area contributed by atoms with Gasteiger partial charge < -0.3 is 4.74 Å². The molecule has 1 unspecified atom stereocenters. The quantitative estimate of drug-likeness (QED) is 0.416. The van der Waals surface area contributed by atoms with E-state index in [0.717, 1.165) is 23.1 Å². The van der Waals surface area contributed by atoms with Crippen molar-refractivity contribution in [2.45, 2.75) is 18.2 Å². The zero-order valence-electron chi connectivity index (χ0n) is 20.0. The van der Waals surface area contributed by atoms with Crippen LogP contribution in [-0.4, -0.2) is 45.3 Å². The molecule has 1 aromatic heterocycles. The molecule has 0 fully saturated rings. The number of hydrogen-bond acceptors (Lipinski definition) is 7. The van der Waals surface area contributed by atoms with Gasteiger partial charge in [-0.1, -0.05) is 30.3 Å². The summed E-state index contributed by atoms with van der Waals surface area (Å²) in [4.78, 5) is 18.1. The summed E-state index contributed by atoms with van der Waals surface area (Å²) in [5.74, 6) is 0.544. The maximum atomic E-state index is 13.5. The molecule has 1 aliphatic rings. The van der Waals surface area contributed by atoms with Crippen LogP contribution < -0.4 is 14.9 Å². The van der Waals surface area contributed by atoms with Crippen LogP contribution in [0.1, 0.15) is 22.6 Å². The number of likely N-dealkylation sites (N-methyl/N-ethyl adjacent to an activating group) is 1. The van der Waals surface area contributed by atoms with Gasteiger partial charge in [0, 0.05) is 49.2 Å². The highest BCUT2D eigenvalue weighted by Crippen LogP contribution is 2.23. The Bertz CT molecular complexity index is 1640. The summed E-state index contributed by atoms with van der Waals surface area (Å²) in [5, 5.41) is 7.83. The van der Waals surface area contributed by atoms with Crippen molar-refractivity contribution >= 4 is 37.9 Å². The first-order chi connectivity index (χ1) is 17.3. The van der Waals surface area contributed by atoms with Gasteiger partial charge in [0.25, 0.3) is 0 Å². The molecule has 2 heterocycles. The van der Waals surface area contributed by atoms with Crippen molar-refractivity contribution in [2.24, 2.45) is 5.10 Å². The third-order valence-electron chi connectivity index (χ3n) is 6.31. The summed E-state index contributed by atoms with van der Waals surface area (Å²) < 4.78 is 33.3. The van der Waals surface area contributed by atoms with Gasteiger partial charge in [-0.2, -0.15) is 5.10 Å². The molecule has 1 atom stereocenters. The van der Waals surface area contributed by atoms with E-state index in [9.17, 15) is 13.2 Å². The molecule has 36 heavy (non-hydrogen) atoms. The van der Waals surface area contributed by atoms with Crippen LogP contribution in [0.3, 0.4) is 0 Å². The molecule has 5 rings (SSSR count).